The van der Waals surface area contributed by atoms with Crippen LogP contribution in [0.4, 0.5) is 0 Å². The van der Waals surface area contributed by atoms with Gasteiger partial charge in [0.2, 0.25) is 0 Å². The summed E-state index contributed by atoms with van der Waals surface area (Å²) in [6.45, 7) is 0. The first kappa shape index (κ1) is 16.1. The van der Waals surface area contributed by atoms with Crippen molar-refractivity contribution < 1.29 is 14.6 Å². The number of thioether (sulfide) groups is 1. The number of carboxylic acid groups (broad SMARTS) is 1. The molecule has 0 heterocycles. The molecule has 0 amide bonds. The Morgan fingerprint density at radius 3 is 2.08 bits per heavy atom. The molecular formula is C20H16O3S. The summed E-state index contributed by atoms with van der Waals surface area (Å²) in [7, 11) is 0. The number of aromatic carboxylic acids is 1. The molecule has 3 rings (SSSR count). The van der Waals surface area contributed by atoms with Crippen molar-refractivity contribution in [2.75, 3.05) is 0 Å². The lowest BCUT2D eigenvalue weighted by Crippen LogP contribution is -1.95. The van der Waals surface area contributed by atoms with Crippen LogP contribution in [0.15, 0.2) is 83.8 Å². The van der Waals surface area contributed by atoms with Crippen LogP contribution >= 0.6 is 11.8 Å². The second-order valence-corrected chi connectivity index (χ2v) is 6.23. The molecule has 0 radical (unpaired) electrons. The first-order chi connectivity index (χ1) is 11.7. The molecule has 0 fully saturated rings. The Hall–Kier alpha value is -2.72. The Balaban J connectivity index is 1.57. The highest BCUT2D eigenvalue weighted by Gasteiger charge is 2.03. The monoisotopic (exact) mass is 336 g/mol. The maximum Gasteiger partial charge on any atom is 0.335 e. The highest BCUT2D eigenvalue weighted by Crippen LogP contribution is 2.27. The van der Waals surface area contributed by atoms with Gasteiger partial charge in [0.25, 0.3) is 0 Å². The number of carboxylic acids is 1. The molecule has 0 atom stereocenters. The third-order valence-electron chi connectivity index (χ3n) is 3.41. The average molecular weight is 336 g/mol. The number of para-hydroxylation sites is 1. The van der Waals surface area contributed by atoms with Gasteiger partial charge in [0.1, 0.15) is 11.5 Å². The van der Waals surface area contributed by atoms with Crippen LogP contribution in [0, 0.1) is 0 Å². The molecule has 3 aromatic carbocycles. The molecule has 0 saturated heterocycles. The number of rotatable bonds is 6. The molecule has 3 nitrogen and oxygen atoms in total. The molecule has 0 aliphatic carbocycles. The van der Waals surface area contributed by atoms with E-state index in [1.807, 2.05) is 66.7 Å². The van der Waals surface area contributed by atoms with Crippen LogP contribution in [0.3, 0.4) is 0 Å². The molecule has 24 heavy (non-hydrogen) atoms. The molecular weight excluding hydrogens is 320 g/mol. The fourth-order valence-corrected chi connectivity index (χ4v) is 2.99. The van der Waals surface area contributed by atoms with E-state index in [4.69, 9.17) is 9.84 Å². The van der Waals surface area contributed by atoms with E-state index in [0.29, 0.717) is 5.56 Å². The van der Waals surface area contributed by atoms with Gasteiger partial charge in [-0.2, -0.15) is 0 Å². The number of hydrogen-bond donors (Lipinski definition) is 1. The SMILES string of the molecule is O=C(O)c1ccc(CSc2ccc(Oc3ccccc3)cc2)cc1. The van der Waals surface area contributed by atoms with E-state index in [-0.39, 0.29) is 0 Å². The van der Waals surface area contributed by atoms with Gasteiger partial charge in [-0.1, -0.05) is 30.3 Å². The van der Waals surface area contributed by atoms with Crippen molar-refractivity contribution in [1.29, 1.82) is 0 Å². The van der Waals surface area contributed by atoms with Gasteiger partial charge in [-0.15, -0.1) is 11.8 Å². The predicted octanol–water partition coefficient (Wildman–Crippen LogP) is 5.47. The minimum atomic E-state index is -0.900. The lowest BCUT2D eigenvalue weighted by Gasteiger charge is -2.07. The molecule has 0 unspecified atom stereocenters. The van der Waals surface area contributed by atoms with E-state index < -0.39 is 5.97 Å². The zero-order valence-electron chi connectivity index (χ0n) is 12.9. The van der Waals surface area contributed by atoms with Crippen LogP contribution in [-0.2, 0) is 5.75 Å². The summed E-state index contributed by atoms with van der Waals surface area (Å²) in [6.07, 6.45) is 0. The normalized spacial score (nSPS) is 10.3. The van der Waals surface area contributed by atoms with Crippen molar-refractivity contribution in [2.24, 2.45) is 0 Å². The molecule has 3 aromatic rings. The zero-order chi connectivity index (χ0) is 16.8. The van der Waals surface area contributed by atoms with Crippen LogP contribution in [-0.4, -0.2) is 11.1 Å². The van der Waals surface area contributed by atoms with Crippen molar-refractivity contribution in [3.8, 4) is 11.5 Å². The van der Waals surface area contributed by atoms with Crippen LogP contribution in [0.25, 0.3) is 0 Å². The summed E-state index contributed by atoms with van der Waals surface area (Å²) in [4.78, 5) is 12.0. The lowest BCUT2D eigenvalue weighted by atomic mass is 10.1. The molecule has 0 saturated carbocycles. The van der Waals surface area contributed by atoms with Gasteiger partial charge in [0, 0.05) is 10.6 Å². The summed E-state index contributed by atoms with van der Waals surface area (Å²) in [5.41, 5.74) is 1.40. The molecule has 0 bridgehead atoms. The van der Waals surface area contributed by atoms with Gasteiger partial charge in [0.15, 0.2) is 0 Å². The number of benzene rings is 3. The minimum Gasteiger partial charge on any atom is -0.478 e. The van der Waals surface area contributed by atoms with E-state index in [1.165, 1.54) is 0 Å². The summed E-state index contributed by atoms with van der Waals surface area (Å²) in [6, 6.07) is 24.6. The van der Waals surface area contributed by atoms with Gasteiger partial charge < -0.3 is 9.84 Å². The molecule has 120 valence electrons. The van der Waals surface area contributed by atoms with Gasteiger partial charge in [0.05, 0.1) is 5.56 Å². The largest absolute Gasteiger partial charge is 0.478 e. The van der Waals surface area contributed by atoms with Crippen molar-refractivity contribution in [3.05, 3.63) is 90.0 Å². The quantitative estimate of drug-likeness (QED) is 0.606. The second kappa shape index (κ2) is 7.70. The fraction of sp³-hybridized carbons (Fsp3) is 0.0500. The Kier molecular flexibility index (Phi) is 5.18. The number of ether oxygens (including phenoxy) is 1. The Morgan fingerprint density at radius 1 is 0.833 bits per heavy atom. The highest BCUT2D eigenvalue weighted by atomic mass is 32.2. The van der Waals surface area contributed by atoms with Crippen LogP contribution in [0.1, 0.15) is 15.9 Å². The average Bonchev–Trinajstić information content (AvgIpc) is 2.62. The maximum atomic E-state index is 10.8. The topological polar surface area (TPSA) is 46.5 Å². The van der Waals surface area contributed by atoms with Crippen LogP contribution in [0.5, 0.6) is 11.5 Å². The number of carbonyl (C=O) groups is 1. The number of hydrogen-bond acceptors (Lipinski definition) is 3. The Bertz CT molecular complexity index is 797. The first-order valence-electron chi connectivity index (χ1n) is 7.49. The van der Waals surface area contributed by atoms with Gasteiger partial charge >= 0.3 is 5.97 Å². The van der Waals surface area contributed by atoms with Crippen molar-refractivity contribution in [2.45, 2.75) is 10.6 Å². The highest BCUT2D eigenvalue weighted by molar-refractivity contribution is 7.98. The van der Waals surface area contributed by atoms with Crippen molar-refractivity contribution in [3.63, 3.8) is 0 Å². The molecule has 0 aliphatic rings. The predicted molar refractivity (Wildman–Crippen MR) is 95.9 cm³/mol. The maximum absolute atomic E-state index is 10.8. The summed E-state index contributed by atoms with van der Waals surface area (Å²) in [5.74, 6) is 1.51. The summed E-state index contributed by atoms with van der Waals surface area (Å²) < 4.78 is 5.77. The van der Waals surface area contributed by atoms with E-state index in [2.05, 4.69) is 0 Å². The molecule has 1 N–H and O–H groups in total. The summed E-state index contributed by atoms with van der Waals surface area (Å²) in [5, 5.41) is 8.90. The first-order valence-corrected chi connectivity index (χ1v) is 8.47. The molecule has 4 heteroatoms. The summed E-state index contributed by atoms with van der Waals surface area (Å²) >= 11 is 1.70. The fourth-order valence-electron chi connectivity index (χ4n) is 2.14. The van der Waals surface area contributed by atoms with Gasteiger partial charge in [-0.3, -0.25) is 0 Å². The molecule has 0 aromatic heterocycles. The zero-order valence-corrected chi connectivity index (χ0v) is 13.7. The molecule has 0 spiro atoms. The smallest absolute Gasteiger partial charge is 0.335 e. The van der Waals surface area contributed by atoms with Gasteiger partial charge in [-0.05, 0) is 54.1 Å². The third-order valence-corrected chi connectivity index (χ3v) is 4.49. The van der Waals surface area contributed by atoms with E-state index in [0.717, 1.165) is 27.7 Å². The van der Waals surface area contributed by atoms with Crippen molar-refractivity contribution in [1.82, 2.24) is 0 Å². The second-order valence-electron chi connectivity index (χ2n) is 5.18. The Morgan fingerprint density at radius 2 is 1.46 bits per heavy atom. The third kappa shape index (κ3) is 4.40. The minimum absolute atomic E-state index is 0.311. The van der Waals surface area contributed by atoms with Crippen molar-refractivity contribution >= 4 is 17.7 Å². The van der Waals surface area contributed by atoms with E-state index in [1.54, 1.807) is 23.9 Å². The van der Waals surface area contributed by atoms with Gasteiger partial charge in [-0.25, -0.2) is 4.79 Å². The Labute approximate surface area is 144 Å². The molecule has 0 aliphatic heterocycles. The standard InChI is InChI=1S/C20H16O3S/c21-20(22)16-8-6-15(7-9-16)14-24-19-12-10-18(11-13-19)23-17-4-2-1-3-5-17/h1-13H,14H2,(H,21,22). The van der Waals surface area contributed by atoms with E-state index >= 15 is 0 Å². The van der Waals surface area contributed by atoms with E-state index in [9.17, 15) is 4.79 Å². The lowest BCUT2D eigenvalue weighted by molar-refractivity contribution is 0.0697. The van der Waals surface area contributed by atoms with Crippen LogP contribution in [0.2, 0.25) is 0 Å². The van der Waals surface area contributed by atoms with Crippen LogP contribution < -0.4 is 4.74 Å².